The molecule has 3 aliphatic rings. The molecule has 0 bridgehead atoms. The van der Waals surface area contributed by atoms with Crippen molar-refractivity contribution in [3.63, 3.8) is 0 Å². The summed E-state index contributed by atoms with van der Waals surface area (Å²) >= 11 is 1.31. The first-order chi connectivity index (χ1) is 34.4. The number of imidazole rings is 1. The van der Waals surface area contributed by atoms with E-state index >= 15 is 0 Å². The lowest BCUT2D eigenvalue weighted by atomic mass is 9.84. The molecule has 2 unspecified atom stereocenters. The zero-order chi connectivity index (χ0) is 55.1. The number of nitrogens with two attached hydrogens (primary N) is 4. The summed E-state index contributed by atoms with van der Waals surface area (Å²) in [5, 5.41) is 70.8. The summed E-state index contributed by atoms with van der Waals surface area (Å²) in [4.78, 5) is 88.8. The van der Waals surface area contributed by atoms with E-state index in [4.69, 9.17) is 46.2 Å². The lowest BCUT2D eigenvalue weighted by Gasteiger charge is -2.45. The summed E-state index contributed by atoms with van der Waals surface area (Å²) in [7, 11) is -16.5. The van der Waals surface area contributed by atoms with Gasteiger partial charge in [0.2, 0.25) is 17.7 Å². The Labute approximate surface area is 424 Å². The van der Waals surface area contributed by atoms with Crippen LogP contribution < -0.4 is 38.9 Å². The normalized spacial score (nSPS) is 31.8. The molecule has 2 aliphatic heterocycles. The van der Waals surface area contributed by atoms with Gasteiger partial charge in [0.1, 0.15) is 66.8 Å². The third kappa shape index (κ3) is 16.8. The molecule has 0 aromatic carbocycles. The molecule has 422 valence electrons. The number of fused-ring (bicyclic) bond motifs is 1. The van der Waals surface area contributed by atoms with Crippen molar-refractivity contribution in [2.75, 3.05) is 50.1 Å². The molecule has 4 heterocycles. The predicted octanol–water partition coefficient (Wildman–Crippen LogP) is -6.42. The Hall–Kier alpha value is -3.00. The van der Waals surface area contributed by atoms with Crippen LogP contribution in [0.1, 0.15) is 39.3 Å². The van der Waals surface area contributed by atoms with Crippen molar-refractivity contribution in [3.8, 4) is 0 Å². The number of anilines is 1. The molecule has 2 aromatic heterocycles. The van der Waals surface area contributed by atoms with Gasteiger partial charge in [0.25, 0.3) is 0 Å². The van der Waals surface area contributed by atoms with Crippen LogP contribution in [0.3, 0.4) is 0 Å². The van der Waals surface area contributed by atoms with Gasteiger partial charge in [0.15, 0.2) is 24.0 Å². The number of aromatic nitrogens is 4. The number of thioether (sulfide) groups is 1. The number of aliphatic hydroxyl groups excluding tert-OH is 6. The van der Waals surface area contributed by atoms with Crippen molar-refractivity contribution in [1.29, 1.82) is 0 Å². The first-order valence-corrected chi connectivity index (χ1v) is 28.1. The van der Waals surface area contributed by atoms with Crippen molar-refractivity contribution in [1.82, 2.24) is 35.5 Å². The molecule has 1 saturated carbocycles. The molecule has 74 heavy (non-hydrogen) atoms. The Balaban J connectivity index is 0.960. The maximum Gasteiger partial charge on any atom is 0.481 e. The van der Waals surface area contributed by atoms with Gasteiger partial charge in [-0.25, -0.2) is 28.6 Å². The van der Waals surface area contributed by atoms with Crippen LogP contribution in [0, 0.1) is 5.41 Å². The molecule has 1 aliphatic carbocycles. The lowest BCUT2D eigenvalue weighted by molar-refractivity contribution is -0.288. The fourth-order valence-electron chi connectivity index (χ4n) is 7.64. The number of rotatable bonds is 26. The van der Waals surface area contributed by atoms with E-state index in [1.165, 1.54) is 25.6 Å². The smallest absolute Gasteiger partial charge is 0.389 e. The Morgan fingerprint density at radius 2 is 1.50 bits per heavy atom. The van der Waals surface area contributed by atoms with Gasteiger partial charge < -0.3 is 103 Å². The van der Waals surface area contributed by atoms with Gasteiger partial charge in [0.05, 0.1) is 31.7 Å². The van der Waals surface area contributed by atoms with Gasteiger partial charge in [-0.05, 0) is 6.42 Å². The van der Waals surface area contributed by atoms with E-state index in [-0.39, 0.29) is 55.9 Å². The molecule has 0 radical (unpaired) electrons. The van der Waals surface area contributed by atoms with Crippen LogP contribution in [0.4, 0.5) is 5.82 Å². The van der Waals surface area contributed by atoms with E-state index in [2.05, 4.69) is 39.7 Å². The predicted molar refractivity (Wildman–Crippen MR) is 251 cm³/mol. The number of aliphatic hydroxyl groups is 6. The Kier molecular flexibility index (Phi) is 21.8. The molecular formula is C36H64N11O23P3S. The minimum absolute atomic E-state index is 0.0105. The number of amides is 3. The molecule has 3 amide bonds. The quantitative estimate of drug-likeness (QED) is 0.0308. The zero-order valence-electron chi connectivity index (χ0n) is 39.5. The number of nitrogens with one attached hydrogen (secondary N) is 3. The standard InChI is InChI=1S/C36H64N11O23P3S/c1-36(2,12-65-73(62,63)70-72(60,61)64-11-18-29(69-71(57,58)59)27(54)34(66-18)47-14-46-22-31(40)44-13-45-32(22)47)30(55)33(56)42-5-3-19(48)41-6-8-74-7-4-20(49)43-10-17-24(51)25(52)21(39)35(67-17)68-28-16(38)9-15(37)23(50)26(28)53/h13-18,21,23-30,34-35,50-55H,3-12,37-39H2,1-2H3,(H,41,48)(H,42,56)(H,43,49)(H,60,61)(H,62,63)(H2,40,44,45)(H2,57,58,59)/t15-,16+,17-,18-,21-,23+,24-,25-,26-,27-,28-,29-,30-,34-,35-/m1/s1. The Morgan fingerprint density at radius 1 is 0.824 bits per heavy atom. The number of ether oxygens (including phenoxy) is 3. The molecule has 0 spiro atoms. The topological polar surface area (TPSA) is 553 Å². The zero-order valence-corrected chi connectivity index (χ0v) is 43.0. The summed E-state index contributed by atoms with van der Waals surface area (Å²) in [5.74, 6) is -1.31. The van der Waals surface area contributed by atoms with Crippen LogP contribution in [-0.4, -0.2) is 217 Å². The first kappa shape index (κ1) is 61.8. The maximum absolute atomic E-state index is 12.8. The number of hydrogen-bond donors (Lipinski definition) is 17. The van der Waals surface area contributed by atoms with Crippen LogP contribution in [0.15, 0.2) is 12.7 Å². The minimum atomic E-state index is -5.62. The summed E-state index contributed by atoms with van der Waals surface area (Å²) in [6.07, 6.45) is -16.6. The fourth-order valence-corrected chi connectivity index (χ4v) is 11.3. The summed E-state index contributed by atoms with van der Waals surface area (Å²) in [6, 6.07) is -2.86. The molecular weight excluding hydrogens is 1080 g/mol. The Morgan fingerprint density at radius 3 is 2.19 bits per heavy atom. The first-order valence-electron chi connectivity index (χ1n) is 22.4. The molecule has 5 rings (SSSR count). The van der Waals surface area contributed by atoms with Gasteiger partial charge in [-0.15, -0.1) is 0 Å². The third-order valence-electron chi connectivity index (χ3n) is 11.8. The number of carbonyl (C=O) groups excluding carboxylic acids is 3. The maximum atomic E-state index is 12.8. The van der Waals surface area contributed by atoms with Gasteiger partial charge in [0, 0.05) is 61.5 Å². The minimum Gasteiger partial charge on any atom is -0.389 e. The Bertz CT molecular complexity index is 2380. The monoisotopic (exact) mass is 1140 g/mol. The lowest BCUT2D eigenvalue weighted by Crippen LogP contribution is -2.67. The summed E-state index contributed by atoms with van der Waals surface area (Å²) < 4.78 is 73.9. The number of phosphoric acid groups is 3. The van der Waals surface area contributed by atoms with E-state index in [1.807, 2.05) is 0 Å². The highest BCUT2D eigenvalue weighted by Crippen LogP contribution is 2.61. The van der Waals surface area contributed by atoms with E-state index in [9.17, 15) is 78.3 Å². The average Bonchev–Trinajstić information content (AvgIpc) is 3.88. The molecule has 2 aromatic rings. The van der Waals surface area contributed by atoms with E-state index in [1.54, 1.807) is 0 Å². The van der Waals surface area contributed by atoms with Crippen molar-refractivity contribution < 1.29 is 110 Å². The molecule has 21 N–H and O–H groups in total. The number of nitrogens with zero attached hydrogens (tertiary/aromatic N) is 4. The second kappa shape index (κ2) is 26.1. The van der Waals surface area contributed by atoms with Crippen LogP contribution in [0.2, 0.25) is 0 Å². The highest BCUT2D eigenvalue weighted by atomic mass is 32.2. The van der Waals surface area contributed by atoms with Crippen molar-refractivity contribution in [3.05, 3.63) is 12.7 Å². The highest BCUT2D eigenvalue weighted by Gasteiger charge is 2.51. The SMILES string of the molecule is CC(C)(COP(=O)(O)OP(=O)(O)OC[C@H]1O[C@@H](n2cnc3c(N)ncnc32)[C@H](O)[C@@H]1OP(=O)(O)O)[C@H](O)C(=O)NCCC(=O)NCCSCCC(=O)NC[C@H]1O[C@H](O[C@H]2[C@H](O)[C@@H](O)[C@H](N)C[C@@H]2N)[C@H](N)[C@@H](O)[C@@H]1O. The fraction of sp³-hybridized carbons (Fsp3) is 0.778. The molecule has 3 fully saturated rings. The van der Waals surface area contributed by atoms with E-state index in [0.717, 1.165) is 17.2 Å². The summed E-state index contributed by atoms with van der Waals surface area (Å²) in [6.45, 7) is 0.0170. The van der Waals surface area contributed by atoms with Crippen molar-refractivity contribution >= 4 is 69.9 Å². The number of nitrogen functional groups attached to an aromatic ring is 1. The van der Waals surface area contributed by atoms with Crippen LogP contribution >= 0.6 is 35.2 Å². The van der Waals surface area contributed by atoms with Gasteiger partial charge in [-0.1, -0.05) is 13.8 Å². The average molecular weight is 1140 g/mol. The van der Waals surface area contributed by atoms with Gasteiger partial charge >= 0.3 is 23.5 Å². The highest BCUT2D eigenvalue weighted by molar-refractivity contribution is 7.99. The summed E-state index contributed by atoms with van der Waals surface area (Å²) in [5.41, 5.74) is 22.0. The molecule has 34 nitrogen and oxygen atoms in total. The third-order valence-corrected chi connectivity index (χ3v) is 15.8. The van der Waals surface area contributed by atoms with Gasteiger partial charge in [-0.3, -0.25) is 32.5 Å². The van der Waals surface area contributed by atoms with Crippen LogP contribution in [0.25, 0.3) is 11.2 Å². The molecule has 17 atom stereocenters. The second-order valence-corrected chi connectivity index (χ2v) is 23.4. The van der Waals surface area contributed by atoms with Crippen molar-refractivity contribution in [2.45, 2.75) is 125 Å². The van der Waals surface area contributed by atoms with Crippen molar-refractivity contribution in [2.24, 2.45) is 22.6 Å². The molecule has 38 heteroatoms. The number of carbonyl (C=O) groups is 3. The van der Waals surface area contributed by atoms with E-state index in [0.29, 0.717) is 11.5 Å². The van der Waals surface area contributed by atoms with Crippen LogP contribution in [-0.2, 0) is 60.2 Å². The number of phosphoric ester groups is 3. The van der Waals surface area contributed by atoms with E-state index < -0.39 is 152 Å². The van der Waals surface area contributed by atoms with Gasteiger partial charge in [-0.2, -0.15) is 16.1 Å². The largest absolute Gasteiger partial charge is 0.481 e. The number of hydrogen-bond acceptors (Lipinski definition) is 27. The molecule has 2 saturated heterocycles. The second-order valence-electron chi connectivity index (χ2n) is 18.0. The van der Waals surface area contributed by atoms with Crippen LogP contribution in [0.5, 0.6) is 0 Å².